The van der Waals surface area contributed by atoms with Gasteiger partial charge in [-0.05, 0) is 25.1 Å². The second kappa shape index (κ2) is 7.04. The fraction of sp³-hybridized carbons (Fsp3) is 0.333. The number of rotatable bonds is 5. The summed E-state index contributed by atoms with van der Waals surface area (Å²) in [5, 5.41) is 4.83. The molecule has 0 heterocycles. The molecule has 0 aromatic heterocycles. The van der Waals surface area contributed by atoms with E-state index in [1.807, 2.05) is 0 Å². The van der Waals surface area contributed by atoms with Gasteiger partial charge in [0.25, 0.3) is 0 Å². The average molecular weight is 307 g/mol. The van der Waals surface area contributed by atoms with Gasteiger partial charge in [0.15, 0.2) is 0 Å². The highest BCUT2D eigenvalue weighted by atomic mass is 35.5. The lowest BCUT2D eigenvalue weighted by Gasteiger charge is -2.14. The Morgan fingerprint density at radius 3 is 2.50 bits per heavy atom. The molecule has 2 N–H and O–H groups in total. The number of amides is 2. The molecule has 5 nitrogen and oxygen atoms in total. The minimum atomic E-state index is -2.98. The van der Waals surface area contributed by atoms with Crippen LogP contribution in [0.5, 0.6) is 5.75 Å². The molecular weight excluding hydrogens is 294 g/mol. The average Bonchev–Trinajstić information content (AvgIpc) is 2.31. The SMILES string of the molecule is CC(=O)NC(C)C(=O)Nc1ccc(OC(F)F)c(Cl)c1. The predicted octanol–water partition coefficient (Wildman–Crippen LogP) is 2.40. The second-order valence-corrected chi connectivity index (χ2v) is 4.34. The standard InChI is InChI=1S/C12H13ClF2N2O3/c1-6(16-7(2)18)11(19)17-8-3-4-10(9(13)5-8)20-12(14)15/h3-6,12H,1-2H3,(H,16,18)(H,17,19). The summed E-state index contributed by atoms with van der Waals surface area (Å²) in [6, 6.07) is 3.12. The number of anilines is 1. The normalized spacial score (nSPS) is 11.9. The molecule has 110 valence electrons. The Balaban J connectivity index is 2.71. The molecule has 1 atom stereocenters. The van der Waals surface area contributed by atoms with E-state index in [4.69, 9.17) is 11.6 Å². The highest BCUT2D eigenvalue weighted by Gasteiger charge is 2.15. The smallest absolute Gasteiger partial charge is 0.387 e. The number of halogens is 3. The van der Waals surface area contributed by atoms with Gasteiger partial charge in [0, 0.05) is 12.6 Å². The molecule has 2 amide bonds. The van der Waals surface area contributed by atoms with Crippen LogP contribution in [0.3, 0.4) is 0 Å². The number of carbonyl (C=O) groups is 2. The summed E-state index contributed by atoms with van der Waals surface area (Å²) < 4.78 is 28.3. The van der Waals surface area contributed by atoms with Gasteiger partial charge < -0.3 is 15.4 Å². The van der Waals surface area contributed by atoms with Crippen molar-refractivity contribution in [2.24, 2.45) is 0 Å². The number of ether oxygens (including phenoxy) is 1. The first kappa shape index (κ1) is 16.2. The van der Waals surface area contributed by atoms with Crippen molar-refractivity contribution < 1.29 is 23.1 Å². The molecule has 0 aliphatic rings. The summed E-state index contributed by atoms with van der Waals surface area (Å²) in [4.78, 5) is 22.5. The van der Waals surface area contributed by atoms with Crippen LogP contribution in [0.4, 0.5) is 14.5 Å². The van der Waals surface area contributed by atoms with Gasteiger partial charge in [0.05, 0.1) is 5.02 Å². The fourth-order valence-corrected chi connectivity index (χ4v) is 1.62. The zero-order valence-electron chi connectivity index (χ0n) is 10.7. The summed E-state index contributed by atoms with van der Waals surface area (Å²) in [5.41, 5.74) is 0.304. The Morgan fingerprint density at radius 2 is 2.00 bits per heavy atom. The summed E-state index contributed by atoms with van der Waals surface area (Å²) >= 11 is 5.74. The van der Waals surface area contributed by atoms with Crippen molar-refractivity contribution in [1.29, 1.82) is 0 Å². The van der Waals surface area contributed by atoms with Crippen LogP contribution in [0.15, 0.2) is 18.2 Å². The van der Waals surface area contributed by atoms with Gasteiger partial charge in [0.2, 0.25) is 11.8 Å². The highest BCUT2D eigenvalue weighted by Crippen LogP contribution is 2.28. The molecule has 8 heteroatoms. The number of hydrogen-bond acceptors (Lipinski definition) is 3. The number of hydrogen-bond donors (Lipinski definition) is 2. The maximum absolute atomic E-state index is 12.0. The van der Waals surface area contributed by atoms with Crippen LogP contribution in [0.1, 0.15) is 13.8 Å². The molecule has 0 aliphatic heterocycles. The first-order valence-corrected chi connectivity index (χ1v) is 5.99. The van der Waals surface area contributed by atoms with Crippen molar-refractivity contribution in [3.05, 3.63) is 23.2 Å². The topological polar surface area (TPSA) is 67.4 Å². The van der Waals surface area contributed by atoms with Gasteiger partial charge in [0.1, 0.15) is 11.8 Å². The second-order valence-electron chi connectivity index (χ2n) is 3.94. The molecule has 0 fully saturated rings. The summed E-state index contributed by atoms with van der Waals surface area (Å²) in [6.07, 6.45) is 0. The van der Waals surface area contributed by atoms with Crippen molar-refractivity contribution in [2.45, 2.75) is 26.5 Å². The van der Waals surface area contributed by atoms with E-state index >= 15 is 0 Å². The molecule has 0 radical (unpaired) electrons. The number of alkyl halides is 2. The van der Waals surface area contributed by atoms with Gasteiger partial charge in [-0.3, -0.25) is 9.59 Å². The molecule has 0 saturated heterocycles. The molecule has 1 unspecified atom stereocenters. The third-order valence-electron chi connectivity index (χ3n) is 2.23. The van der Waals surface area contributed by atoms with E-state index in [-0.39, 0.29) is 16.7 Å². The third kappa shape index (κ3) is 5.00. The fourth-order valence-electron chi connectivity index (χ4n) is 1.39. The third-order valence-corrected chi connectivity index (χ3v) is 2.52. The molecule has 0 bridgehead atoms. The number of nitrogens with one attached hydrogen (secondary N) is 2. The molecular formula is C12H13ClF2N2O3. The van der Waals surface area contributed by atoms with E-state index < -0.39 is 18.6 Å². The van der Waals surface area contributed by atoms with Crippen molar-refractivity contribution >= 4 is 29.1 Å². The van der Waals surface area contributed by atoms with E-state index in [1.165, 1.54) is 32.0 Å². The first-order valence-electron chi connectivity index (χ1n) is 5.62. The van der Waals surface area contributed by atoms with E-state index in [1.54, 1.807) is 0 Å². The van der Waals surface area contributed by atoms with Gasteiger partial charge in [-0.15, -0.1) is 0 Å². The first-order chi connectivity index (χ1) is 9.29. The van der Waals surface area contributed by atoms with Crippen molar-refractivity contribution in [3.63, 3.8) is 0 Å². The molecule has 0 saturated carbocycles. The predicted molar refractivity (Wildman–Crippen MR) is 70.0 cm³/mol. The van der Waals surface area contributed by atoms with E-state index in [0.29, 0.717) is 5.69 Å². The molecule has 1 aromatic rings. The lowest BCUT2D eigenvalue weighted by molar-refractivity contribution is -0.124. The Bertz CT molecular complexity index is 511. The van der Waals surface area contributed by atoms with Crippen LogP contribution in [-0.2, 0) is 9.59 Å². The lowest BCUT2D eigenvalue weighted by Crippen LogP contribution is -2.40. The monoisotopic (exact) mass is 306 g/mol. The largest absolute Gasteiger partial charge is 0.433 e. The van der Waals surface area contributed by atoms with E-state index in [9.17, 15) is 18.4 Å². The molecule has 20 heavy (non-hydrogen) atoms. The van der Waals surface area contributed by atoms with Crippen LogP contribution in [-0.4, -0.2) is 24.5 Å². The molecule has 1 rings (SSSR count). The van der Waals surface area contributed by atoms with Gasteiger partial charge in [-0.1, -0.05) is 11.6 Å². The van der Waals surface area contributed by atoms with E-state index in [0.717, 1.165) is 0 Å². The van der Waals surface area contributed by atoms with Crippen LogP contribution in [0.25, 0.3) is 0 Å². The zero-order valence-corrected chi connectivity index (χ0v) is 11.5. The van der Waals surface area contributed by atoms with E-state index in [2.05, 4.69) is 15.4 Å². The summed E-state index contributed by atoms with van der Waals surface area (Å²) in [5.74, 6) is -0.986. The minimum Gasteiger partial charge on any atom is -0.433 e. The zero-order chi connectivity index (χ0) is 15.3. The molecule has 0 aliphatic carbocycles. The quantitative estimate of drug-likeness (QED) is 0.878. The van der Waals surface area contributed by atoms with Crippen LogP contribution >= 0.6 is 11.6 Å². The van der Waals surface area contributed by atoms with Crippen molar-refractivity contribution in [2.75, 3.05) is 5.32 Å². The Hall–Kier alpha value is -1.89. The molecule has 0 spiro atoms. The minimum absolute atomic E-state index is 0.0599. The summed E-state index contributed by atoms with van der Waals surface area (Å²) in [7, 11) is 0. The van der Waals surface area contributed by atoms with Crippen LogP contribution in [0, 0.1) is 0 Å². The van der Waals surface area contributed by atoms with Gasteiger partial charge >= 0.3 is 6.61 Å². The Labute approximate surface area is 119 Å². The Kier molecular flexibility index (Phi) is 5.69. The van der Waals surface area contributed by atoms with Crippen LogP contribution < -0.4 is 15.4 Å². The number of benzene rings is 1. The van der Waals surface area contributed by atoms with Gasteiger partial charge in [-0.2, -0.15) is 8.78 Å². The Morgan fingerprint density at radius 1 is 1.35 bits per heavy atom. The van der Waals surface area contributed by atoms with Crippen molar-refractivity contribution in [3.8, 4) is 5.75 Å². The highest BCUT2D eigenvalue weighted by molar-refractivity contribution is 6.32. The maximum atomic E-state index is 12.0. The number of carbonyl (C=O) groups excluding carboxylic acids is 2. The van der Waals surface area contributed by atoms with Crippen LogP contribution in [0.2, 0.25) is 5.02 Å². The maximum Gasteiger partial charge on any atom is 0.387 e. The lowest BCUT2D eigenvalue weighted by atomic mass is 10.2. The van der Waals surface area contributed by atoms with Crippen molar-refractivity contribution in [1.82, 2.24) is 5.32 Å². The van der Waals surface area contributed by atoms with Gasteiger partial charge in [-0.25, -0.2) is 0 Å². The summed E-state index contributed by atoms with van der Waals surface area (Å²) in [6.45, 7) is -0.184. The molecule has 1 aromatic carbocycles.